The zero-order chi connectivity index (χ0) is 13.8. The lowest BCUT2D eigenvalue weighted by molar-refractivity contribution is 0.0511. The van der Waals surface area contributed by atoms with Crippen LogP contribution in [0.2, 0.25) is 0 Å². The molecule has 2 N–H and O–H groups in total. The highest BCUT2D eigenvalue weighted by atomic mass is 16.5. The summed E-state index contributed by atoms with van der Waals surface area (Å²) in [6.07, 6.45) is 0. The first-order chi connectivity index (χ1) is 9.11. The van der Waals surface area contributed by atoms with Crippen molar-refractivity contribution >= 4 is 11.9 Å². The van der Waals surface area contributed by atoms with E-state index < -0.39 is 11.9 Å². The first-order valence-electron chi connectivity index (χ1n) is 5.49. The van der Waals surface area contributed by atoms with Gasteiger partial charge in [0.15, 0.2) is 0 Å². The van der Waals surface area contributed by atoms with Crippen LogP contribution in [-0.4, -0.2) is 38.7 Å². The van der Waals surface area contributed by atoms with Gasteiger partial charge in [-0.05, 0) is 36.4 Å². The van der Waals surface area contributed by atoms with Crippen LogP contribution in [0.3, 0.4) is 0 Å². The zero-order valence-corrected chi connectivity index (χ0v) is 10.1. The maximum Gasteiger partial charge on any atom is 0.380 e. The number of tetrazole rings is 1. The fraction of sp³-hybridized carbons (Fsp3) is 0.182. The van der Waals surface area contributed by atoms with Gasteiger partial charge in [0.25, 0.3) is 5.82 Å². The molecule has 0 saturated carbocycles. The average Bonchev–Trinajstić information content (AvgIpc) is 2.89. The standard InChI is InChI=1S/C11H11N5O3/c1-2-19-11(18)10-13-15-16(14-10)8-5-3-7(4-6-8)9(12)17/h3-6H,2H2,1H3,(H2,12,17). The second-order valence-electron chi connectivity index (χ2n) is 3.53. The number of amides is 1. The van der Waals surface area contributed by atoms with Gasteiger partial charge in [-0.3, -0.25) is 4.79 Å². The third-order valence-corrected chi connectivity index (χ3v) is 2.25. The summed E-state index contributed by atoms with van der Waals surface area (Å²) < 4.78 is 4.75. The van der Waals surface area contributed by atoms with Crippen LogP contribution in [0.1, 0.15) is 27.9 Å². The minimum Gasteiger partial charge on any atom is -0.460 e. The molecule has 0 spiro atoms. The number of nitrogens with zero attached hydrogens (tertiary/aromatic N) is 4. The molecule has 1 heterocycles. The highest BCUT2D eigenvalue weighted by molar-refractivity contribution is 5.92. The predicted octanol–water partition coefficient (Wildman–Crippen LogP) is -0.0621. The monoisotopic (exact) mass is 261 g/mol. The topological polar surface area (TPSA) is 113 Å². The Morgan fingerprint density at radius 2 is 2.00 bits per heavy atom. The van der Waals surface area contributed by atoms with Crippen LogP contribution >= 0.6 is 0 Å². The molecule has 0 aliphatic carbocycles. The first kappa shape index (κ1) is 12.7. The molecule has 0 aliphatic rings. The Morgan fingerprint density at radius 3 is 2.58 bits per heavy atom. The molecule has 1 aromatic carbocycles. The van der Waals surface area contributed by atoms with E-state index in [2.05, 4.69) is 15.4 Å². The van der Waals surface area contributed by atoms with E-state index in [1.54, 1.807) is 19.1 Å². The number of primary amides is 1. The number of nitrogens with two attached hydrogens (primary N) is 1. The molecule has 19 heavy (non-hydrogen) atoms. The van der Waals surface area contributed by atoms with E-state index in [1.165, 1.54) is 12.1 Å². The molecule has 1 amide bonds. The number of ether oxygens (including phenoxy) is 1. The molecule has 98 valence electrons. The number of benzene rings is 1. The highest BCUT2D eigenvalue weighted by Crippen LogP contribution is 2.07. The Bertz CT molecular complexity index is 605. The zero-order valence-electron chi connectivity index (χ0n) is 10.1. The number of rotatable bonds is 4. The molecule has 8 nitrogen and oxygen atoms in total. The molecule has 0 saturated heterocycles. The van der Waals surface area contributed by atoms with E-state index in [1.807, 2.05) is 0 Å². The van der Waals surface area contributed by atoms with Crippen LogP contribution in [0, 0.1) is 0 Å². The third kappa shape index (κ3) is 2.73. The van der Waals surface area contributed by atoms with Crippen molar-refractivity contribution < 1.29 is 14.3 Å². The molecule has 8 heteroatoms. The lowest BCUT2D eigenvalue weighted by Crippen LogP contribution is -2.11. The number of carbonyl (C=O) groups is 2. The SMILES string of the molecule is CCOC(=O)c1nnn(-c2ccc(C(N)=O)cc2)n1. The smallest absolute Gasteiger partial charge is 0.380 e. The normalized spacial score (nSPS) is 10.2. The molecule has 0 atom stereocenters. The van der Waals surface area contributed by atoms with Crippen molar-refractivity contribution in [2.75, 3.05) is 6.61 Å². The van der Waals surface area contributed by atoms with Gasteiger partial charge in [-0.1, -0.05) is 0 Å². The third-order valence-electron chi connectivity index (χ3n) is 2.25. The van der Waals surface area contributed by atoms with Crippen LogP contribution in [0.5, 0.6) is 0 Å². The van der Waals surface area contributed by atoms with Gasteiger partial charge in [0, 0.05) is 5.56 Å². The van der Waals surface area contributed by atoms with Gasteiger partial charge in [0.2, 0.25) is 5.91 Å². The van der Waals surface area contributed by atoms with Crippen molar-refractivity contribution in [2.45, 2.75) is 6.92 Å². The summed E-state index contributed by atoms with van der Waals surface area (Å²) in [7, 11) is 0. The van der Waals surface area contributed by atoms with Gasteiger partial charge in [0.05, 0.1) is 12.3 Å². The summed E-state index contributed by atoms with van der Waals surface area (Å²) in [6, 6.07) is 6.25. The largest absolute Gasteiger partial charge is 0.460 e. The highest BCUT2D eigenvalue weighted by Gasteiger charge is 2.14. The molecule has 2 rings (SSSR count). The maximum atomic E-state index is 11.4. The summed E-state index contributed by atoms with van der Waals surface area (Å²) >= 11 is 0. The van der Waals surface area contributed by atoms with Crippen molar-refractivity contribution in [1.29, 1.82) is 0 Å². The van der Waals surface area contributed by atoms with Crippen molar-refractivity contribution in [1.82, 2.24) is 20.2 Å². The van der Waals surface area contributed by atoms with E-state index in [4.69, 9.17) is 10.5 Å². The Kier molecular flexibility index (Phi) is 3.51. The van der Waals surface area contributed by atoms with Crippen molar-refractivity contribution in [3.63, 3.8) is 0 Å². The second-order valence-corrected chi connectivity index (χ2v) is 3.53. The molecule has 0 fully saturated rings. The van der Waals surface area contributed by atoms with Gasteiger partial charge in [-0.2, -0.15) is 0 Å². The summed E-state index contributed by atoms with van der Waals surface area (Å²) in [5.41, 5.74) is 6.05. The lowest BCUT2D eigenvalue weighted by atomic mass is 10.2. The Balaban J connectivity index is 2.23. The number of carbonyl (C=O) groups excluding carboxylic acids is 2. The number of hydrogen-bond acceptors (Lipinski definition) is 6. The molecular formula is C11H11N5O3. The molecule has 2 aromatic rings. The number of hydrogen-bond donors (Lipinski definition) is 1. The van der Waals surface area contributed by atoms with Gasteiger partial charge >= 0.3 is 5.97 Å². The van der Waals surface area contributed by atoms with Gasteiger partial charge in [0.1, 0.15) is 0 Å². The lowest BCUT2D eigenvalue weighted by Gasteiger charge is -1.99. The predicted molar refractivity (Wildman–Crippen MR) is 63.6 cm³/mol. The van der Waals surface area contributed by atoms with Crippen molar-refractivity contribution in [3.05, 3.63) is 35.7 Å². The maximum absolute atomic E-state index is 11.4. The van der Waals surface area contributed by atoms with Crippen LogP contribution in [0.15, 0.2) is 24.3 Å². The van der Waals surface area contributed by atoms with Gasteiger partial charge < -0.3 is 10.5 Å². The summed E-state index contributed by atoms with van der Waals surface area (Å²) in [6.45, 7) is 1.92. The number of esters is 1. The van der Waals surface area contributed by atoms with E-state index in [0.717, 1.165) is 4.80 Å². The fourth-order valence-electron chi connectivity index (χ4n) is 1.36. The number of aromatic nitrogens is 4. The molecule has 0 radical (unpaired) electrons. The Hall–Kier alpha value is -2.77. The summed E-state index contributed by atoms with van der Waals surface area (Å²) in [5.74, 6) is -1.28. The van der Waals surface area contributed by atoms with E-state index in [9.17, 15) is 9.59 Å². The van der Waals surface area contributed by atoms with E-state index >= 15 is 0 Å². The summed E-state index contributed by atoms with van der Waals surface area (Å²) in [5, 5.41) is 11.2. The van der Waals surface area contributed by atoms with Gasteiger partial charge in [-0.15, -0.1) is 15.0 Å². The van der Waals surface area contributed by atoms with Crippen molar-refractivity contribution in [2.24, 2.45) is 5.73 Å². The van der Waals surface area contributed by atoms with Crippen LogP contribution in [-0.2, 0) is 4.74 Å². The van der Waals surface area contributed by atoms with Crippen LogP contribution in [0.4, 0.5) is 0 Å². The fourth-order valence-corrected chi connectivity index (χ4v) is 1.36. The minimum atomic E-state index is -0.637. The average molecular weight is 261 g/mol. The minimum absolute atomic E-state index is 0.124. The van der Waals surface area contributed by atoms with Gasteiger partial charge in [-0.25, -0.2) is 4.79 Å². The first-order valence-corrected chi connectivity index (χ1v) is 5.49. The quantitative estimate of drug-likeness (QED) is 0.771. The molecule has 1 aromatic heterocycles. The molecule has 0 bridgehead atoms. The van der Waals surface area contributed by atoms with E-state index in [-0.39, 0.29) is 12.4 Å². The molecular weight excluding hydrogens is 250 g/mol. The second kappa shape index (κ2) is 5.25. The van der Waals surface area contributed by atoms with Crippen LogP contribution < -0.4 is 5.73 Å². The van der Waals surface area contributed by atoms with Crippen LogP contribution in [0.25, 0.3) is 5.69 Å². The van der Waals surface area contributed by atoms with E-state index in [0.29, 0.717) is 11.3 Å². The summed E-state index contributed by atoms with van der Waals surface area (Å²) in [4.78, 5) is 23.5. The molecule has 0 unspecified atom stereocenters. The Labute approximate surface area is 108 Å². The Morgan fingerprint density at radius 1 is 1.32 bits per heavy atom. The van der Waals surface area contributed by atoms with Crippen molar-refractivity contribution in [3.8, 4) is 5.69 Å². The molecule has 0 aliphatic heterocycles.